The van der Waals surface area contributed by atoms with Gasteiger partial charge < -0.3 is 10.2 Å². The van der Waals surface area contributed by atoms with E-state index in [9.17, 15) is 18.0 Å². The molecule has 2 aromatic carbocycles. The summed E-state index contributed by atoms with van der Waals surface area (Å²) in [7, 11) is -3.52. The molecule has 0 heterocycles. The molecule has 1 aliphatic rings. The first-order valence-electron chi connectivity index (χ1n) is 13.0. The Hall–Kier alpha value is -2.58. The predicted molar refractivity (Wildman–Crippen MR) is 149 cm³/mol. The van der Waals surface area contributed by atoms with Crippen LogP contribution < -0.4 is 9.62 Å². The zero-order valence-electron chi connectivity index (χ0n) is 22.0. The lowest BCUT2D eigenvalue weighted by Gasteiger charge is -2.32. The summed E-state index contributed by atoms with van der Waals surface area (Å²) in [6.45, 7) is 4.30. The summed E-state index contributed by atoms with van der Waals surface area (Å²) in [5.41, 5.74) is 2.48. The van der Waals surface area contributed by atoms with Crippen molar-refractivity contribution < 1.29 is 18.0 Å². The van der Waals surface area contributed by atoms with Crippen LogP contribution in [0.25, 0.3) is 0 Å². The molecule has 202 valence electrons. The minimum Gasteiger partial charge on any atom is -0.352 e. The van der Waals surface area contributed by atoms with Gasteiger partial charge in [0.2, 0.25) is 21.8 Å². The third-order valence-corrected chi connectivity index (χ3v) is 8.27. The second-order valence-corrected chi connectivity index (χ2v) is 12.2. The van der Waals surface area contributed by atoms with E-state index >= 15 is 0 Å². The van der Waals surface area contributed by atoms with Crippen LogP contribution in [0.4, 0.5) is 5.69 Å². The van der Waals surface area contributed by atoms with Crippen LogP contribution in [0.1, 0.15) is 63.0 Å². The number of carbonyl (C=O) groups excluding carboxylic acids is 2. The number of nitrogens with zero attached hydrogens (tertiary/aromatic N) is 2. The van der Waals surface area contributed by atoms with Gasteiger partial charge in [0.15, 0.2) is 0 Å². The minimum absolute atomic E-state index is 0.124. The number of hydrogen-bond donors (Lipinski definition) is 1. The van der Waals surface area contributed by atoms with Crippen molar-refractivity contribution in [1.82, 2.24) is 10.2 Å². The molecule has 0 unspecified atom stereocenters. The summed E-state index contributed by atoms with van der Waals surface area (Å²) in [6.07, 6.45) is 6.25. The average molecular weight is 548 g/mol. The Morgan fingerprint density at radius 2 is 1.68 bits per heavy atom. The highest BCUT2D eigenvalue weighted by Crippen LogP contribution is 2.22. The molecule has 0 radical (unpaired) electrons. The number of carbonyl (C=O) groups is 2. The number of halogens is 1. The molecule has 0 spiro atoms. The van der Waals surface area contributed by atoms with Crippen molar-refractivity contribution in [3.63, 3.8) is 0 Å². The molecule has 0 aromatic heterocycles. The summed E-state index contributed by atoms with van der Waals surface area (Å²) in [5.74, 6) is -0.310. The maximum absolute atomic E-state index is 13.5. The van der Waals surface area contributed by atoms with Gasteiger partial charge in [0.25, 0.3) is 0 Å². The smallest absolute Gasteiger partial charge is 0.243 e. The quantitative estimate of drug-likeness (QED) is 0.402. The van der Waals surface area contributed by atoms with Gasteiger partial charge in [-0.05, 0) is 62.4 Å². The van der Waals surface area contributed by atoms with Crippen molar-refractivity contribution in [3.05, 3.63) is 64.7 Å². The van der Waals surface area contributed by atoms with E-state index in [1.165, 1.54) is 10.6 Å². The van der Waals surface area contributed by atoms with Crippen LogP contribution in [-0.2, 0) is 26.2 Å². The highest BCUT2D eigenvalue weighted by Gasteiger charge is 2.30. The Labute approximate surface area is 226 Å². The Bertz CT molecular complexity index is 1150. The van der Waals surface area contributed by atoms with E-state index < -0.39 is 16.1 Å². The molecular weight excluding hydrogens is 510 g/mol. The van der Waals surface area contributed by atoms with Crippen molar-refractivity contribution in [1.29, 1.82) is 0 Å². The van der Waals surface area contributed by atoms with Crippen molar-refractivity contribution in [2.75, 3.05) is 17.1 Å². The predicted octanol–water partition coefficient (Wildman–Crippen LogP) is 5.06. The Balaban J connectivity index is 1.74. The topological polar surface area (TPSA) is 86.8 Å². The molecule has 0 aliphatic heterocycles. The van der Waals surface area contributed by atoms with E-state index in [4.69, 9.17) is 11.6 Å². The van der Waals surface area contributed by atoms with Gasteiger partial charge in [0.05, 0.1) is 11.9 Å². The number of amides is 2. The van der Waals surface area contributed by atoms with Gasteiger partial charge in [-0.2, -0.15) is 0 Å². The van der Waals surface area contributed by atoms with Crippen molar-refractivity contribution >= 4 is 39.1 Å². The van der Waals surface area contributed by atoms with Crippen molar-refractivity contribution in [3.8, 4) is 0 Å². The van der Waals surface area contributed by atoms with E-state index in [0.717, 1.165) is 36.8 Å². The lowest BCUT2D eigenvalue weighted by molar-refractivity contribution is -0.141. The van der Waals surface area contributed by atoms with E-state index in [2.05, 4.69) is 5.32 Å². The molecule has 37 heavy (non-hydrogen) atoms. The van der Waals surface area contributed by atoms with Crippen LogP contribution in [0.3, 0.4) is 0 Å². The Morgan fingerprint density at radius 1 is 1.05 bits per heavy atom. The summed E-state index contributed by atoms with van der Waals surface area (Å²) in [4.78, 5) is 28.4. The lowest BCUT2D eigenvalue weighted by Crippen LogP contribution is -2.51. The standard InChI is InChI=1S/C28H38ClN3O4S/c1-4-26(28(34)30-24-8-5-6-9-24)31(20-22-13-15-23(29)16-14-22)27(33)10-7-19-32(37(3,35)36)25-17-11-21(2)12-18-25/h11-18,24,26H,4-10,19-20H2,1-3H3,(H,30,34)/t26-/m0/s1. The largest absolute Gasteiger partial charge is 0.352 e. The van der Waals surface area contributed by atoms with Crippen LogP contribution in [-0.4, -0.2) is 50.0 Å². The Morgan fingerprint density at radius 3 is 2.24 bits per heavy atom. The third kappa shape index (κ3) is 8.47. The molecule has 2 amide bonds. The second kappa shape index (κ2) is 13.3. The number of aryl methyl sites for hydroxylation is 1. The number of sulfonamides is 1. The maximum atomic E-state index is 13.5. The maximum Gasteiger partial charge on any atom is 0.243 e. The molecule has 7 nitrogen and oxygen atoms in total. The summed E-state index contributed by atoms with van der Waals surface area (Å²) < 4.78 is 26.3. The monoisotopic (exact) mass is 547 g/mol. The van der Waals surface area contributed by atoms with Crippen LogP contribution in [0.5, 0.6) is 0 Å². The fourth-order valence-corrected chi connectivity index (χ4v) is 5.88. The van der Waals surface area contributed by atoms with Crippen LogP contribution in [0, 0.1) is 6.92 Å². The fourth-order valence-electron chi connectivity index (χ4n) is 4.79. The first-order valence-corrected chi connectivity index (χ1v) is 15.2. The zero-order valence-corrected chi connectivity index (χ0v) is 23.5. The number of anilines is 1. The average Bonchev–Trinajstić information content (AvgIpc) is 3.36. The highest BCUT2D eigenvalue weighted by atomic mass is 35.5. The van der Waals surface area contributed by atoms with Crippen LogP contribution in [0.2, 0.25) is 5.02 Å². The highest BCUT2D eigenvalue weighted by molar-refractivity contribution is 7.92. The molecule has 1 fully saturated rings. The molecule has 0 saturated heterocycles. The molecule has 1 aliphatic carbocycles. The number of hydrogen-bond acceptors (Lipinski definition) is 4. The Kier molecular flexibility index (Phi) is 10.4. The summed E-state index contributed by atoms with van der Waals surface area (Å²) >= 11 is 6.04. The molecule has 3 rings (SSSR count). The van der Waals surface area contributed by atoms with E-state index in [-0.39, 0.29) is 37.4 Å². The molecule has 9 heteroatoms. The summed E-state index contributed by atoms with van der Waals surface area (Å²) in [6, 6.07) is 14.1. The number of rotatable bonds is 12. The van der Waals surface area contributed by atoms with E-state index in [1.54, 1.807) is 29.2 Å². The van der Waals surface area contributed by atoms with Gasteiger partial charge >= 0.3 is 0 Å². The van der Waals surface area contributed by atoms with E-state index in [1.807, 2.05) is 38.1 Å². The molecular formula is C28H38ClN3O4S. The molecule has 1 atom stereocenters. The van der Waals surface area contributed by atoms with Gasteiger partial charge in [0.1, 0.15) is 6.04 Å². The molecule has 0 bridgehead atoms. The number of benzene rings is 2. The first kappa shape index (κ1) is 29.0. The van der Waals surface area contributed by atoms with Crippen LogP contribution >= 0.6 is 11.6 Å². The van der Waals surface area contributed by atoms with Crippen molar-refractivity contribution in [2.45, 2.75) is 77.4 Å². The molecule has 1 saturated carbocycles. The lowest BCUT2D eigenvalue weighted by atomic mass is 10.1. The van der Waals surface area contributed by atoms with Gasteiger partial charge in [-0.3, -0.25) is 13.9 Å². The molecule has 1 N–H and O–H groups in total. The third-order valence-electron chi connectivity index (χ3n) is 6.83. The minimum atomic E-state index is -3.52. The van der Waals surface area contributed by atoms with Gasteiger partial charge in [0, 0.05) is 30.6 Å². The second-order valence-electron chi connectivity index (χ2n) is 9.84. The molecule has 2 aromatic rings. The van der Waals surface area contributed by atoms with Gasteiger partial charge in [-0.1, -0.05) is 61.2 Å². The van der Waals surface area contributed by atoms with Crippen LogP contribution in [0.15, 0.2) is 48.5 Å². The van der Waals surface area contributed by atoms with E-state index in [0.29, 0.717) is 23.6 Å². The first-order chi connectivity index (χ1) is 17.6. The fraction of sp³-hybridized carbons (Fsp3) is 0.500. The normalized spacial score (nSPS) is 14.8. The SMILES string of the molecule is CC[C@@H](C(=O)NC1CCCC1)N(Cc1ccc(Cl)cc1)C(=O)CCCN(c1ccc(C)cc1)S(C)(=O)=O. The van der Waals surface area contributed by atoms with Gasteiger partial charge in [-0.25, -0.2) is 8.42 Å². The van der Waals surface area contributed by atoms with Gasteiger partial charge in [-0.15, -0.1) is 0 Å². The zero-order chi connectivity index (χ0) is 27.0. The number of nitrogens with one attached hydrogen (secondary N) is 1. The summed E-state index contributed by atoms with van der Waals surface area (Å²) in [5, 5.41) is 3.74. The van der Waals surface area contributed by atoms with Crippen molar-refractivity contribution in [2.24, 2.45) is 0 Å².